The lowest BCUT2D eigenvalue weighted by Gasteiger charge is -2.18. The Hall–Kier alpha value is -0.820. The summed E-state index contributed by atoms with van der Waals surface area (Å²) in [4.78, 5) is 4.01. The van der Waals surface area contributed by atoms with Crippen molar-refractivity contribution in [1.82, 2.24) is 5.43 Å². The minimum atomic E-state index is -2.82. The lowest BCUT2D eigenvalue weighted by molar-refractivity contribution is 0.546. The first-order chi connectivity index (χ1) is 6.03. The van der Waals surface area contributed by atoms with E-state index in [4.69, 9.17) is 11.6 Å². The Bertz CT molecular complexity index is 284. The molecule has 0 radical (unpaired) electrons. The van der Waals surface area contributed by atoms with Crippen molar-refractivity contribution in [1.29, 1.82) is 0 Å². The first-order valence-electron chi connectivity index (χ1n) is 4.04. The zero-order valence-electron chi connectivity index (χ0n) is 7.23. The molecular weight excluding hydrogens is 192 g/mol. The van der Waals surface area contributed by atoms with E-state index in [0.717, 1.165) is 0 Å². The van der Waals surface area contributed by atoms with Crippen molar-refractivity contribution in [2.45, 2.75) is 18.9 Å². The minimum absolute atomic E-state index is 0.0143. The highest BCUT2D eigenvalue weighted by Gasteiger charge is 2.23. The third-order valence-corrected chi connectivity index (χ3v) is 3.71. The third kappa shape index (κ3) is 3.19. The molecule has 1 rings (SSSR count). The van der Waals surface area contributed by atoms with Crippen molar-refractivity contribution in [3.8, 4) is 0 Å². The summed E-state index contributed by atoms with van der Waals surface area (Å²) in [5.74, 6) is 5.56. The Morgan fingerprint density at radius 3 is 2.38 bits per heavy atom. The van der Waals surface area contributed by atoms with Crippen LogP contribution in [0.5, 0.6) is 0 Å². The Morgan fingerprint density at radius 2 is 1.92 bits per heavy atom. The lowest BCUT2D eigenvalue weighted by atomic mass is 10.2. The van der Waals surface area contributed by atoms with Gasteiger partial charge in [0.1, 0.15) is 9.84 Å². The van der Waals surface area contributed by atoms with Crippen molar-refractivity contribution >= 4 is 15.8 Å². The number of nitrogens with one attached hydrogen (secondary N) is 1. The molecule has 1 saturated heterocycles. The number of sulfone groups is 1. The normalized spacial score (nSPS) is 24.2. The van der Waals surface area contributed by atoms with E-state index in [1.165, 1.54) is 0 Å². The van der Waals surface area contributed by atoms with Crippen molar-refractivity contribution in [3.05, 3.63) is 0 Å². The molecule has 0 spiro atoms. The molecule has 76 valence electrons. The molecule has 0 aliphatic carbocycles. The lowest BCUT2D eigenvalue weighted by Crippen LogP contribution is -2.39. The molecule has 1 fully saturated rings. The molecule has 6 nitrogen and oxygen atoms in total. The number of guanidine groups is 1. The summed E-state index contributed by atoms with van der Waals surface area (Å²) in [5.41, 5.74) is 7.55. The molecule has 0 aromatic rings. The molecule has 13 heavy (non-hydrogen) atoms. The highest BCUT2D eigenvalue weighted by Crippen LogP contribution is 2.14. The summed E-state index contributed by atoms with van der Waals surface area (Å²) in [6.45, 7) is 0. The van der Waals surface area contributed by atoms with Gasteiger partial charge in [-0.2, -0.15) is 0 Å². The van der Waals surface area contributed by atoms with E-state index in [-0.39, 0.29) is 23.5 Å². The quantitative estimate of drug-likeness (QED) is 0.206. The number of nitrogens with two attached hydrogens (primary N) is 2. The van der Waals surface area contributed by atoms with E-state index in [0.29, 0.717) is 12.8 Å². The highest BCUT2D eigenvalue weighted by atomic mass is 32.2. The number of hydrazine groups is 1. The molecule has 0 unspecified atom stereocenters. The van der Waals surface area contributed by atoms with E-state index >= 15 is 0 Å². The maximum Gasteiger partial charge on any atom is 0.203 e. The first kappa shape index (κ1) is 10.3. The predicted molar refractivity (Wildman–Crippen MR) is 50.6 cm³/mol. The maximum atomic E-state index is 11.0. The molecule has 0 aromatic heterocycles. The van der Waals surface area contributed by atoms with Crippen molar-refractivity contribution in [2.75, 3.05) is 11.5 Å². The summed E-state index contributed by atoms with van der Waals surface area (Å²) < 4.78 is 22.1. The average molecular weight is 206 g/mol. The number of hydrogen-bond acceptors (Lipinski definition) is 4. The fourth-order valence-corrected chi connectivity index (χ4v) is 2.71. The number of nitrogens with zero attached hydrogens (tertiary/aromatic N) is 1. The predicted octanol–water partition coefficient (Wildman–Crippen LogP) is -1.66. The summed E-state index contributed by atoms with van der Waals surface area (Å²) in [6, 6.07) is -0.0143. The second-order valence-corrected chi connectivity index (χ2v) is 5.35. The standard InChI is InChI=1S/C6H14N4O2S/c7-6(10-8)9-5-1-3-13(11,12)4-2-5/h5H,1-4,8H2,(H3,7,9,10). The van der Waals surface area contributed by atoms with Crippen LogP contribution >= 0.6 is 0 Å². The van der Waals surface area contributed by atoms with Crippen LogP contribution in [0.4, 0.5) is 0 Å². The molecule has 5 N–H and O–H groups in total. The highest BCUT2D eigenvalue weighted by molar-refractivity contribution is 7.91. The molecule has 0 amide bonds. The van der Waals surface area contributed by atoms with Gasteiger partial charge in [0, 0.05) is 0 Å². The SMILES string of the molecule is NNC(N)=NC1CCS(=O)(=O)CC1. The molecule has 1 heterocycles. The summed E-state index contributed by atoms with van der Waals surface area (Å²) in [7, 11) is -2.82. The molecular formula is C6H14N4O2S. The van der Waals surface area contributed by atoms with Gasteiger partial charge in [0.25, 0.3) is 0 Å². The fourth-order valence-electron chi connectivity index (χ4n) is 1.24. The molecule has 0 saturated carbocycles. The summed E-state index contributed by atoms with van der Waals surface area (Å²) in [5, 5.41) is 0. The van der Waals surface area contributed by atoms with Crippen molar-refractivity contribution < 1.29 is 8.42 Å². The summed E-state index contributed by atoms with van der Waals surface area (Å²) >= 11 is 0. The molecule has 0 bridgehead atoms. The Morgan fingerprint density at radius 1 is 1.38 bits per heavy atom. The molecule has 1 aliphatic rings. The van der Waals surface area contributed by atoms with Gasteiger partial charge in [-0.15, -0.1) is 0 Å². The van der Waals surface area contributed by atoms with Crippen LogP contribution in [0.1, 0.15) is 12.8 Å². The van der Waals surface area contributed by atoms with Crippen LogP contribution < -0.4 is 17.0 Å². The van der Waals surface area contributed by atoms with E-state index in [9.17, 15) is 8.42 Å². The number of aliphatic imine (C=N–C) groups is 1. The van der Waals surface area contributed by atoms with Gasteiger partial charge >= 0.3 is 0 Å². The van der Waals surface area contributed by atoms with E-state index in [1.807, 2.05) is 0 Å². The topological polar surface area (TPSA) is 111 Å². The molecule has 0 atom stereocenters. The number of hydrogen-bond donors (Lipinski definition) is 3. The van der Waals surface area contributed by atoms with Crippen LogP contribution in [-0.4, -0.2) is 31.9 Å². The Labute approximate surface area is 77.3 Å². The number of rotatable bonds is 1. The van der Waals surface area contributed by atoms with Crippen LogP contribution in [0.15, 0.2) is 4.99 Å². The third-order valence-electron chi connectivity index (χ3n) is 1.99. The molecule has 1 aliphatic heterocycles. The van der Waals surface area contributed by atoms with Crippen molar-refractivity contribution in [3.63, 3.8) is 0 Å². The zero-order chi connectivity index (χ0) is 9.90. The van der Waals surface area contributed by atoms with Gasteiger partial charge in [0.15, 0.2) is 0 Å². The maximum absolute atomic E-state index is 11.0. The van der Waals surface area contributed by atoms with Gasteiger partial charge in [0.05, 0.1) is 17.5 Å². The van der Waals surface area contributed by atoms with Crippen LogP contribution in [0.2, 0.25) is 0 Å². The molecule has 0 aromatic carbocycles. The second-order valence-electron chi connectivity index (χ2n) is 3.04. The van der Waals surface area contributed by atoms with Gasteiger partial charge in [-0.25, -0.2) is 19.3 Å². The van der Waals surface area contributed by atoms with Crippen LogP contribution in [0.25, 0.3) is 0 Å². The Balaban J connectivity index is 2.51. The van der Waals surface area contributed by atoms with Gasteiger partial charge in [-0.3, -0.25) is 5.43 Å². The first-order valence-corrected chi connectivity index (χ1v) is 5.86. The van der Waals surface area contributed by atoms with Gasteiger partial charge in [-0.1, -0.05) is 0 Å². The van der Waals surface area contributed by atoms with E-state index < -0.39 is 9.84 Å². The summed E-state index contributed by atoms with van der Waals surface area (Å²) in [6.07, 6.45) is 1.06. The smallest absolute Gasteiger partial charge is 0.203 e. The monoisotopic (exact) mass is 206 g/mol. The van der Waals surface area contributed by atoms with Gasteiger partial charge in [0.2, 0.25) is 5.96 Å². The van der Waals surface area contributed by atoms with Gasteiger partial charge in [-0.05, 0) is 12.8 Å². The minimum Gasteiger partial charge on any atom is -0.369 e. The molecule has 7 heteroatoms. The van der Waals surface area contributed by atoms with Crippen LogP contribution in [0, 0.1) is 0 Å². The van der Waals surface area contributed by atoms with Gasteiger partial charge < -0.3 is 5.73 Å². The van der Waals surface area contributed by atoms with Crippen LogP contribution in [0.3, 0.4) is 0 Å². The van der Waals surface area contributed by atoms with Crippen LogP contribution in [-0.2, 0) is 9.84 Å². The van der Waals surface area contributed by atoms with E-state index in [1.54, 1.807) is 0 Å². The van der Waals surface area contributed by atoms with E-state index in [2.05, 4.69) is 10.4 Å². The van der Waals surface area contributed by atoms with Crippen molar-refractivity contribution in [2.24, 2.45) is 16.6 Å². The zero-order valence-corrected chi connectivity index (χ0v) is 8.05. The fraction of sp³-hybridized carbons (Fsp3) is 0.833. The second kappa shape index (κ2) is 3.93. The average Bonchev–Trinajstić information content (AvgIpc) is 2.08. The Kier molecular flexibility index (Phi) is 3.10. The largest absolute Gasteiger partial charge is 0.369 e.